The summed E-state index contributed by atoms with van der Waals surface area (Å²) in [6.45, 7) is 0.542. The van der Waals surface area contributed by atoms with E-state index in [9.17, 15) is 18.0 Å². The molecule has 0 aliphatic rings. The second kappa shape index (κ2) is 9.36. The van der Waals surface area contributed by atoms with Crippen molar-refractivity contribution < 1.29 is 18.0 Å². The van der Waals surface area contributed by atoms with Gasteiger partial charge in [0.25, 0.3) is 0 Å². The van der Waals surface area contributed by atoms with Gasteiger partial charge >= 0.3 is 11.5 Å². The summed E-state index contributed by atoms with van der Waals surface area (Å²) in [5.41, 5.74) is -2.59. The molecule has 7 heteroatoms. The van der Waals surface area contributed by atoms with Gasteiger partial charge in [0.05, 0.1) is 0 Å². The Labute approximate surface area is 149 Å². The molecule has 0 heterocycles. The molecule has 2 rings (SSSR count). The van der Waals surface area contributed by atoms with Crippen molar-refractivity contribution in [2.45, 2.75) is 29.7 Å². The van der Waals surface area contributed by atoms with E-state index in [1.54, 1.807) is 0 Å². The van der Waals surface area contributed by atoms with Gasteiger partial charge in [0.1, 0.15) is 0 Å². The van der Waals surface area contributed by atoms with Crippen LogP contribution in [0.25, 0.3) is 0 Å². The number of thioether (sulfide) groups is 1. The molecule has 2 aromatic carbocycles. The Kier molecular flexibility index (Phi) is 7.18. The highest BCUT2D eigenvalue weighted by Crippen LogP contribution is 2.36. The molecule has 25 heavy (non-hydrogen) atoms. The number of amides is 2. The van der Waals surface area contributed by atoms with Crippen LogP contribution in [0.4, 0.5) is 23.7 Å². The summed E-state index contributed by atoms with van der Waals surface area (Å²) in [4.78, 5) is 11.8. The number of hydrogen-bond acceptors (Lipinski definition) is 2. The van der Waals surface area contributed by atoms with Crippen molar-refractivity contribution in [3.63, 3.8) is 0 Å². The van der Waals surface area contributed by atoms with Gasteiger partial charge in [-0.1, -0.05) is 30.3 Å². The van der Waals surface area contributed by atoms with Gasteiger partial charge in [-0.3, -0.25) is 0 Å². The fourth-order valence-corrected chi connectivity index (χ4v) is 2.76. The van der Waals surface area contributed by atoms with Gasteiger partial charge in [0.15, 0.2) is 0 Å². The van der Waals surface area contributed by atoms with Crippen molar-refractivity contribution >= 4 is 23.5 Å². The average molecular weight is 368 g/mol. The largest absolute Gasteiger partial charge is 0.446 e. The Morgan fingerprint density at radius 2 is 1.64 bits per heavy atom. The van der Waals surface area contributed by atoms with Crippen molar-refractivity contribution in [2.24, 2.45) is 0 Å². The van der Waals surface area contributed by atoms with Gasteiger partial charge in [-0.15, -0.1) is 0 Å². The summed E-state index contributed by atoms with van der Waals surface area (Å²) < 4.78 is 36.7. The molecule has 0 radical (unpaired) electrons. The normalized spacial score (nSPS) is 11.2. The first-order valence-corrected chi connectivity index (χ1v) is 8.68. The lowest BCUT2D eigenvalue weighted by atomic mass is 10.1. The number of nitrogens with one attached hydrogen (secondary N) is 2. The zero-order valence-corrected chi connectivity index (χ0v) is 14.3. The third-order valence-electron chi connectivity index (χ3n) is 3.37. The molecule has 0 aliphatic carbocycles. The minimum atomic E-state index is -4.31. The van der Waals surface area contributed by atoms with Gasteiger partial charge in [0, 0.05) is 17.1 Å². The van der Waals surface area contributed by atoms with E-state index >= 15 is 0 Å². The van der Waals surface area contributed by atoms with E-state index in [-0.39, 0.29) is 22.7 Å². The molecule has 2 N–H and O–H groups in total. The smallest absolute Gasteiger partial charge is 0.338 e. The molecule has 0 aromatic heterocycles. The van der Waals surface area contributed by atoms with Crippen LogP contribution in [0.2, 0.25) is 0 Å². The molecule has 0 spiro atoms. The first-order valence-electron chi connectivity index (χ1n) is 7.87. The number of carbonyl (C=O) groups is 1. The maximum atomic E-state index is 12.2. The van der Waals surface area contributed by atoms with Crippen LogP contribution in [0.3, 0.4) is 0 Å². The number of urea groups is 1. The van der Waals surface area contributed by atoms with Crippen molar-refractivity contribution in [1.29, 1.82) is 0 Å². The highest BCUT2D eigenvalue weighted by molar-refractivity contribution is 8.00. The summed E-state index contributed by atoms with van der Waals surface area (Å²) >= 11 is -0.183. The van der Waals surface area contributed by atoms with E-state index in [0.717, 1.165) is 19.3 Å². The molecule has 3 nitrogen and oxygen atoms in total. The van der Waals surface area contributed by atoms with Gasteiger partial charge in [0.2, 0.25) is 0 Å². The number of halogens is 3. The van der Waals surface area contributed by atoms with Crippen molar-refractivity contribution in [3.05, 3.63) is 60.2 Å². The quantitative estimate of drug-likeness (QED) is 0.504. The van der Waals surface area contributed by atoms with Crippen LogP contribution in [0.5, 0.6) is 0 Å². The SMILES string of the molecule is O=C(NCCCCc1ccccc1)Nc1ccc(SC(F)(F)F)cc1. The summed E-state index contributed by atoms with van der Waals surface area (Å²) in [6.07, 6.45) is 2.78. The van der Waals surface area contributed by atoms with E-state index in [2.05, 4.69) is 22.8 Å². The molecule has 0 bridgehead atoms. The highest BCUT2D eigenvalue weighted by Gasteiger charge is 2.28. The molecule has 0 saturated heterocycles. The van der Waals surface area contributed by atoms with Crippen molar-refractivity contribution in [1.82, 2.24) is 5.32 Å². The summed E-state index contributed by atoms with van der Waals surface area (Å²) in [5.74, 6) is 0. The van der Waals surface area contributed by atoms with Crippen LogP contribution >= 0.6 is 11.8 Å². The third-order valence-corrected chi connectivity index (χ3v) is 4.11. The van der Waals surface area contributed by atoms with Gasteiger partial charge in [-0.05, 0) is 60.9 Å². The van der Waals surface area contributed by atoms with Crippen molar-refractivity contribution in [2.75, 3.05) is 11.9 Å². The Balaban J connectivity index is 1.64. The molecule has 0 aliphatic heterocycles. The molecule has 0 unspecified atom stereocenters. The fourth-order valence-electron chi connectivity index (χ4n) is 2.22. The summed E-state index contributed by atoms with van der Waals surface area (Å²) in [6, 6.07) is 15.3. The van der Waals surface area contributed by atoms with Crippen LogP contribution in [-0.2, 0) is 6.42 Å². The number of benzene rings is 2. The summed E-state index contributed by atoms with van der Waals surface area (Å²) in [5, 5.41) is 5.34. The third kappa shape index (κ3) is 7.98. The standard InChI is InChI=1S/C18H19F3N2OS/c19-18(20,21)25-16-11-9-15(10-12-16)23-17(24)22-13-5-4-8-14-6-2-1-3-7-14/h1-3,6-7,9-12H,4-5,8,13H2,(H2,22,23,24). The number of rotatable bonds is 7. The number of alkyl halides is 3. The van der Waals surface area contributed by atoms with Crippen molar-refractivity contribution in [3.8, 4) is 0 Å². The maximum Gasteiger partial charge on any atom is 0.446 e. The number of unbranched alkanes of at least 4 members (excludes halogenated alkanes) is 1. The minimum absolute atomic E-state index is 0.0828. The number of carbonyl (C=O) groups excluding carboxylic acids is 1. The molecule has 134 valence electrons. The Morgan fingerprint density at radius 1 is 0.960 bits per heavy atom. The number of hydrogen-bond donors (Lipinski definition) is 2. The molecular weight excluding hydrogens is 349 g/mol. The second-order valence-electron chi connectivity index (χ2n) is 5.40. The fraction of sp³-hybridized carbons (Fsp3) is 0.278. The zero-order chi connectivity index (χ0) is 18.1. The maximum absolute atomic E-state index is 12.2. The van der Waals surface area contributed by atoms with E-state index in [0.29, 0.717) is 12.2 Å². The Hall–Kier alpha value is -2.15. The van der Waals surface area contributed by atoms with Crippen LogP contribution in [0.1, 0.15) is 18.4 Å². The van der Waals surface area contributed by atoms with E-state index in [4.69, 9.17) is 0 Å². The molecule has 0 atom stereocenters. The molecule has 2 aromatic rings. The van der Waals surface area contributed by atoms with Gasteiger partial charge in [-0.2, -0.15) is 13.2 Å². The number of anilines is 1. The van der Waals surface area contributed by atoms with E-state index in [1.807, 2.05) is 18.2 Å². The predicted octanol–water partition coefficient (Wildman–Crippen LogP) is 5.44. The molecule has 0 fully saturated rings. The zero-order valence-electron chi connectivity index (χ0n) is 13.5. The minimum Gasteiger partial charge on any atom is -0.338 e. The predicted molar refractivity (Wildman–Crippen MR) is 94.8 cm³/mol. The topological polar surface area (TPSA) is 41.1 Å². The Bertz CT molecular complexity index is 660. The van der Waals surface area contributed by atoms with Crippen LogP contribution < -0.4 is 10.6 Å². The highest BCUT2D eigenvalue weighted by atomic mass is 32.2. The molecule has 0 saturated carbocycles. The van der Waals surface area contributed by atoms with E-state index in [1.165, 1.54) is 29.8 Å². The van der Waals surface area contributed by atoms with Crippen LogP contribution in [0.15, 0.2) is 59.5 Å². The first kappa shape index (κ1) is 19.2. The summed E-state index contributed by atoms with van der Waals surface area (Å²) in [7, 11) is 0. The van der Waals surface area contributed by atoms with Crippen LogP contribution in [-0.4, -0.2) is 18.1 Å². The lowest BCUT2D eigenvalue weighted by Gasteiger charge is -2.09. The average Bonchev–Trinajstić information content (AvgIpc) is 2.56. The number of aryl methyl sites for hydroxylation is 1. The lowest BCUT2D eigenvalue weighted by molar-refractivity contribution is -0.0328. The van der Waals surface area contributed by atoms with Gasteiger partial charge < -0.3 is 10.6 Å². The second-order valence-corrected chi connectivity index (χ2v) is 6.53. The molecule has 2 amide bonds. The Morgan fingerprint density at radius 3 is 2.28 bits per heavy atom. The van der Waals surface area contributed by atoms with E-state index < -0.39 is 5.51 Å². The lowest BCUT2D eigenvalue weighted by Crippen LogP contribution is -2.29. The van der Waals surface area contributed by atoms with Gasteiger partial charge in [-0.25, -0.2) is 4.79 Å². The monoisotopic (exact) mass is 368 g/mol. The van der Waals surface area contributed by atoms with Crippen LogP contribution in [0, 0.1) is 0 Å². The first-order chi connectivity index (χ1) is 11.9. The molecular formula is C18H19F3N2OS.